The highest BCUT2D eigenvalue weighted by Crippen LogP contribution is 2.36. The van der Waals surface area contributed by atoms with E-state index in [1.54, 1.807) is 0 Å². The molecule has 2 unspecified atom stereocenters. The molecule has 0 amide bonds. The molecule has 0 radical (unpaired) electrons. The summed E-state index contributed by atoms with van der Waals surface area (Å²) < 4.78 is 38.9. The Labute approximate surface area is 122 Å². The highest BCUT2D eigenvalue weighted by Gasteiger charge is 2.37. The number of carboxylic acid groups (broad SMARTS) is 1. The zero-order chi connectivity index (χ0) is 16.9. The number of hydrogen-bond acceptors (Lipinski definition) is 4. The average molecular weight is 319 g/mol. The number of benzene rings is 1. The van der Waals surface area contributed by atoms with Crippen molar-refractivity contribution in [2.45, 2.75) is 24.8 Å². The molecule has 1 aromatic rings. The van der Waals surface area contributed by atoms with E-state index in [0.717, 1.165) is 12.1 Å². The summed E-state index contributed by atoms with van der Waals surface area (Å²) in [5.41, 5.74) is 5.50. The van der Waals surface area contributed by atoms with Crippen LogP contribution in [0.25, 0.3) is 10.4 Å². The van der Waals surface area contributed by atoms with Gasteiger partial charge in [0.15, 0.2) is 0 Å². The van der Waals surface area contributed by atoms with Crippen LogP contribution >= 0.6 is 0 Å². The third-order valence-electron chi connectivity index (χ3n) is 2.88. The summed E-state index contributed by atoms with van der Waals surface area (Å²) in [7, 11) is 0. The Balaban J connectivity index is 3.16. The highest BCUT2D eigenvalue weighted by atomic mass is 19.4. The van der Waals surface area contributed by atoms with Crippen molar-refractivity contribution >= 4 is 5.97 Å². The lowest BCUT2D eigenvalue weighted by atomic mass is 9.95. The molecule has 0 saturated carbocycles. The molecule has 0 aromatic heterocycles. The number of rotatable bonds is 6. The maximum Gasteiger partial charge on any atom is 0.416 e. The van der Waals surface area contributed by atoms with Crippen LogP contribution in [0.3, 0.4) is 0 Å². The maximum absolute atomic E-state index is 13.0. The second-order valence-electron chi connectivity index (χ2n) is 4.36. The Morgan fingerprint density at radius 2 is 2.00 bits per heavy atom. The van der Waals surface area contributed by atoms with Crippen LogP contribution in [0.15, 0.2) is 23.3 Å². The number of aliphatic hydroxyl groups is 2. The van der Waals surface area contributed by atoms with E-state index in [9.17, 15) is 28.2 Å². The van der Waals surface area contributed by atoms with Crippen molar-refractivity contribution in [1.82, 2.24) is 0 Å². The summed E-state index contributed by atoms with van der Waals surface area (Å²) in [6, 6.07) is 2.09. The van der Waals surface area contributed by atoms with E-state index in [4.69, 9.17) is 10.6 Å². The van der Waals surface area contributed by atoms with Gasteiger partial charge in [0.2, 0.25) is 0 Å². The number of aliphatic hydroxyl groups excluding tert-OH is 2. The molecular weight excluding hydrogens is 307 g/mol. The minimum atomic E-state index is -4.90. The smallest absolute Gasteiger partial charge is 0.416 e. The standard InChI is InChI=1S/C12H12F3N3O4/c13-12(14,15)8-5-6(11(21)22)1-2-7(8)10(20)9(19)3-4-17-18-16/h1-2,5,9-10,19-20H,3-4H2,(H,21,22). The monoisotopic (exact) mass is 319 g/mol. The molecule has 22 heavy (non-hydrogen) atoms. The van der Waals surface area contributed by atoms with Gasteiger partial charge in [-0.3, -0.25) is 0 Å². The van der Waals surface area contributed by atoms with Gasteiger partial charge in [0.25, 0.3) is 0 Å². The minimum absolute atomic E-state index is 0.205. The van der Waals surface area contributed by atoms with Gasteiger partial charge in [-0.25, -0.2) is 4.79 Å². The van der Waals surface area contributed by atoms with Crippen molar-refractivity contribution in [3.05, 3.63) is 45.3 Å². The summed E-state index contributed by atoms with van der Waals surface area (Å²) in [5.74, 6) is -1.55. The molecule has 10 heteroatoms. The Bertz CT molecular complexity index is 600. The Kier molecular flexibility index (Phi) is 5.75. The minimum Gasteiger partial charge on any atom is -0.478 e. The third kappa shape index (κ3) is 4.35. The van der Waals surface area contributed by atoms with Crippen LogP contribution in [0.1, 0.15) is 34.0 Å². The average Bonchev–Trinajstić information content (AvgIpc) is 2.45. The number of carbonyl (C=O) groups is 1. The molecule has 0 saturated heterocycles. The SMILES string of the molecule is [N-]=[N+]=NCCC(O)C(O)c1ccc(C(=O)O)cc1C(F)(F)F. The van der Waals surface area contributed by atoms with Crippen LogP contribution in [0.4, 0.5) is 13.2 Å². The lowest BCUT2D eigenvalue weighted by Gasteiger charge is -2.21. The molecule has 2 atom stereocenters. The number of carboxylic acids is 1. The molecule has 0 aliphatic heterocycles. The fraction of sp³-hybridized carbons (Fsp3) is 0.417. The van der Waals surface area contributed by atoms with E-state index in [-0.39, 0.29) is 13.0 Å². The molecule has 1 rings (SSSR count). The summed E-state index contributed by atoms with van der Waals surface area (Å²) >= 11 is 0. The lowest BCUT2D eigenvalue weighted by molar-refractivity contribution is -0.140. The van der Waals surface area contributed by atoms with Gasteiger partial charge >= 0.3 is 12.1 Å². The quantitative estimate of drug-likeness (QED) is 0.423. The predicted molar refractivity (Wildman–Crippen MR) is 68.0 cm³/mol. The molecule has 3 N–H and O–H groups in total. The fourth-order valence-electron chi connectivity index (χ4n) is 1.79. The van der Waals surface area contributed by atoms with Crippen LogP contribution in [0, 0.1) is 0 Å². The first-order chi connectivity index (χ1) is 10.2. The van der Waals surface area contributed by atoms with Gasteiger partial charge in [0.1, 0.15) is 6.10 Å². The zero-order valence-electron chi connectivity index (χ0n) is 11.0. The number of hydrogen-bond donors (Lipinski definition) is 3. The highest BCUT2D eigenvalue weighted by molar-refractivity contribution is 5.88. The van der Waals surface area contributed by atoms with E-state index in [1.807, 2.05) is 0 Å². The zero-order valence-corrected chi connectivity index (χ0v) is 11.0. The molecular formula is C12H12F3N3O4. The van der Waals surface area contributed by atoms with E-state index in [1.165, 1.54) is 0 Å². The van der Waals surface area contributed by atoms with Crippen LogP contribution < -0.4 is 0 Å². The van der Waals surface area contributed by atoms with Gasteiger partial charge in [0, 0.05) is 11.5 Å². The molecule has 7 nitrogen and oxygen atoms in total. The van der Waals surface area contributed by atoms with Crippen LogP contribution in [0.5, 0.6) is 0 Å². The molecule has 0 fully saturated rings. The van der Waals surface area contributed by atoms with Gasteiger partial charge in [0.05, 0.1) is 17.2 Å². The normalized spacial score (nSPS) is 14.0. The van der Waals surface area contributed by atoms with E-state index in [2.05, 4.69) is 10.0 Å². The number of aromatic carboxylic acids is 1. The van der Waals surface area contributed by atoms with Crippen LogP contribution in [-0.2, 0) is 6.18 Å². The molecule has 1 aromatic carbocycles. The Morgan fingerprint density at radius 3 is 2.50 bits per heavy atom. The van der Waals surface area contributed by atoms with Gasteiger partial charge in [-0.05, 0) is 29.6 Å². The molecule has 0 spiro atoms. The first kappa shape index (κ1) is 17.8. The molecule has 0 aliphatic carbocycles. The Morgan fingerprint density at radius 1 is 1.36 bits per heavy atom. The molecule has 0 aliphatic rings. The molecule has 0 bridgehead atoms. The number of azide groups is 1. The topological polar surface area (TPSA) is 127 Å². The van der Waals surface area contributed by atoms with Crippen molar-refractivity contribution in [2.75, 3.05) is 6.54 Å². The molecule has 120 valence electrons. The first-order valence-corrected chi connectivity index (χ1v) is 6.00. The number of halogens is 3. The third-order valence-corrected chi connectivity index (χ3v) is 2.88. The van der Waals surface area contributed by atoms with Crippen molar-refractivity contribution in [1.29, 1.82) is 0 Å². The number of nitrogens with zero attached hydrogens (tertiary/aromatic N) is 3. The second kappa shape index (κ2) is 7.12. The van der Waals surface area contributed by atoms with Gasteiger partial charge in [-0.15, -0.1) is 0 Å². The van der Waals surface area contributed by atoms with Crippen molar-refractivity contribution in [2.24, 2.45) is 5.11 Å². The molecule has 0 heterocycles. The Hall–Kier alpha value is -2.29. The summed E-state index contributed by atoms with van der Waals surface area (Å²) in [6.45, 7) is -0.205. The fourth-order valence-corrected chi connectivity index (χ4v) is 1.79. The second-order valence-corrected chi connectivity index (χ2v) is 4.36. The van der Waals surface area contributed by atoms with Crippen molar-refractivity contribution in [3.8, 4) is 0 Å². The van der Waals surface area contributed by atoms with Gasteiger partial charge in [-0.1, -0.05) is 11.2 Å². The number of alkyl halides is 3. The van der Waals surface area contributed by atoms with Gasteiger partial charge < -0.3 is 15.3 Å². The van der Waals surface area contributed by atoms with Crippen LogP contribution in [-0.4, -0.2) is 33.9 Å². The lowest BCUT2D eigenvalue weighted by Crippen LogP contribution is -2.23. The largest absolute Gasteiger partial charge is 0.478 e. The maximum atomic E-state index is 13.0. The van der Waals surface area contributed by atoms with E-state index < -0.39 is 41.0 Å². The first-order valence-electron chi connectivity index (χ1n) is 6.00. The summed E-state index contributed by atoms with van der Waals surface area (Å²) in [4.78, 5) is 13.2. The van der Waals surface area contributed by atoms with E-state index in [0.29, 0.717) is 6.07 Å². The van der Waals surface area contributed by atoms with Gasteiger partial charge in [-0.2, -0.15) is 13.2 Å². The van der Waals surface area contributed by atoms with Crippen molar-refractivity contribution < 1.29 is 33.3 Å². The van der Waals surface area contributed by atoms with E-state index >= 15 is 0 Å². The summed E-state index contributed by atoms with van der Waals surface area (Å²) in [6.07, 6.45) is -8.63. The predicted octanol–water partition coefficient (Wildman–Crippen LogP) is 2.50. The summed E-state index contributed by atoms with van der Waals surface area (Å²) in [5, 5.41) is 31.3. The van der Waals surface area contributed by atoms with Crippen molar-refractivity contribution in [3.63, 3.8) is 0 Å². The van der Waals surface area contributed by atoms with Crippen LogP contribution in [0.2, 0.25) is 0 Å².